The molecule has 6 heteroatoms. The first-order chi connectivity index (χ1) is 13.5. The van der Waals surface area contributed by atoms with Crippen molar-refractivity contribution in [2.45, 2.75) is 26.2 Å². The van der Waals surface area contributed by atoms with Gasteiger partial charge in [0.2, 0.25) is 11.8 Å². The lowest BCUT2D eigenvalue weighted by atomic mass is 9.85. The molecule has 2 aromatic rings. The number of nitriles is 1. The fraction of sp³-hybridized carbons (Fsp3) is 0.227. The molecule has 2 aromatic carbocycles. The lowest BCUT2D eigenvalue weighted by Crippen LogP contribution is -2.31. The van der Waals surface area contributed by atoms with Crippen molar-refractivity contribution < 1.29 is 9.59 Å². The number of rotatable bonds is 5. The van der Waals surface area contributed by atoms with Gasteiger partial charge in [0, 0.05) is 18.0 Å². The van der Waals surface area contributed by atoms with Crippen LogP contribution in [0.15, 0.2) is 59.1 Å². The Hall–Kier alpha value is -3.04. The molecule has 0 saturated heterocycles. The van der Waals surface area contributed by atoms with Crippen molar-refractivity contribution in [3.63, 3.8) is 0 Å². The van der Waals surface area contributed by atoms with Crippen LogP contribution in [0.5, 0.6) is 0 Å². The highest BCUT2D eigenvalue weighted by Crippen LogP contribution is 2.37. The van der Waals surface area contributed by atoms with E-state index in [4.69, 9.17) is 0 Å². The van der Waals surface area contributed by atoms with Crippen LogP contribution in [0, 0.1) is 25.2 Å². The first-order valence-electron chi connectivity index (χ1n) is 8.97. The third-order valence-corrected chi connectivity index (χ3v) is 5.59. The van der Waals surface area contributed by atoms with Crippen molar-refractivity contribution in [2.24, 2.45) is 0 Å². The van der Waals surface area contributed by atoms with E-state index < -0.39 is 0 Å². The average Bonchev–Trinajstić information content (AvgIpc) is 2.66. The van der Waals surface area contributed by atoms with E-state index in [9.17, 15) is 14.9 Å². The van der Waals surface area contributed by atoms with Crippen molar-refractivity contribution in [2.75, 3.05) is 11.1 Å². The Morgan fingerprint density at radius 1 is 1.25 bits per heavy atom. The highest BCUT2D eigenvalue weighted by Gasteiger charge is 2.30. The molecule has 1 atom stereocenters. The van der Waals surface area contributed by atoms with Crippen LogP contribution in [0.3, 0.4) is 0 Å². The number of thioether (sulfide) groups is 1. The van der Waals surface area contributed by atoms with Crippen molar-refractivity contribution >= 4 is 29.3 Å². The number of carbonyl (C=O) groups excluding carboxylic acids is 2. The molecule has 0 aliphatic carbocycles. The maximum Gasteiger partial charge on any atom is 0.234 e. The van der Waals surface area contributed by atoms with Crippen LogP contribution < -0.4 is 10.6 Å². The van der Waals surface area contributed by atoms with E-state index in [2.05, 4.69) is 16.7 Å². The predicted molar refractivity (Wildman–Crippen MR) is 112 cm³/mol. The molecule has 5 nitrogen and oxygen atoms in total. The Kier molecular flexibility index (Phi) is 6.17. The molecular weight excluding hydrogens is 370 g/mol. The highest BCUT2D eigenvalue weighted by molar-refractivity contribution is 8.03. The molecule has 3 rings (SSSR count). The van der Waals surface area contributed by atoms with Gasteiger partial charge in [-0.25, -0.2) is 0 Å². The Balaban J connectivity index is 1.77. The van der Waals surface area contributed by atoms with Gasteiger partial charge in [-0.3, -0.25) is 9.59 Å². The average molecular weight is 391 g/mol. The molecule has 0 unspecified atom stereocenters. The molecule has 0 fully saturated rings. The monoisotopic (exact) mass is 391 g/mol. The molecule has 1 heterocycles. The van der Waals surface area contributed by atoms with E-state index in [0.29, 0.717) is 10.6 Å². The van der Waals surface area contributed by atoms with Crippen LogP contribution in [0.25, 0.3) is 0 Å². The summed E-state index contributed by atoms with van der Waals surface area (Å²) in [6, 6.07) is 17.6. The maximum atomic E-state index is 12.3. The Morgan fingerprint density at radius 3 is 2.75 bits per heavy atom. The van der Waals surface area contributed by atoms with Gasteiger partial charge in [-0.2, -0.15) is 5.26 Å². The number of hydrogen-bond acceptors (Lipinski definition) is 4. The maximum absolute atomic E-state index is 12.3. The molecule has 0 bridgehead atoms. The van der Waals surface area contributed by atoms with Crippen LogP contribution in [-0.2, 0) is 9.59 Å². The molecule has 1 aliphatic rings. The largest absolute Gasteiger partial charge is 0.325 e. The minimum Gasteiger partial charge on any atom is -0.325 e. The van der Waals surface area contributed by atoms with E-state index in [1.54, 1.807) is 0 Å². The van der Waals surface area contributed by atoms with Gasteiger partial charge in [0.1, 0.15) is 0 Å². The van der Waals surface area contributed by atoms with Crippen LogP contribution in [-0.4, -0.2) is 17.6 Å². The van der Waals surface area contributed by atoms with Gasteiger partial charge in [0.15, 0.2) is 0 Å². The van der Waals surface area contributed by atoms with Crippen LogP contribution >= 0.6 is 11.8 Å². The Bertz CT molecular complexity index is 991. The number of carbonyl (C=O) groups is 2. The van der Waals surface area contributed by atoms with E-state index in [-0.39, 0.29) is 29.9 Å². The van der Waals surface area contributed by atoms with Gasteiger partial charge in [0.25, 0.3) is 0 Å². The SMILES string of the molecule is Cc1cccc(NC(=O)CSC2=C(C#N)[C@@H](c3ccccc3C)CC(=O)N2)c1. The van der Waals surface area contributed by atoms with Crippen molar-refractivity contribution in [3.05, 3.63) is 75.8 Å². The minimum absolute atomic E-state index is 0.106. The summed E-state index contributed by atoms with van der Waals surface area (Å²) < 4.78 is 0. The zero-order valence-corrected chi connectivity index (χ0v) is 16.6. The van der Waals surface area contributed by atoms with Crippen LogP contribution in [0.4, 0.5) is 5.69 Å². The van der Waals surface area contributed by atoms with Crippen molar-refractivity contribution in [1.29, 1.82) is 5.26 Å². The second-order valence-electron chi connectivity index (χ2n) is 6.72. The van der Waals surface area contributed by atoms with Gasteiger partial charge in [0.05, 0.1) is 22.4 Å². The van der Waals surface area contributed by atoms with E-state index in [0.717, 1.165) is 22.4 Å². The fourth-order valence-electron chi connectivity index (χ4n) is 3.23. The Labute approximate surface area is 168 Å². The number of aryl methyl sites for hydroxylation is 2. The first-order valence-corrected chi connectivity index (χ1v) is 9.95. The summed E-state index contributed by atoms with van der Waals surface area (Å²) in [5, 5.41) is 15.8. The Morgan fingerprint density at radius 2 is 2.04 bits per heavy atom. The zero-order chi connectivity index (χ0) is 20.1. The van der Waals surface area contributed by atoms with Crippen molar-refractivity contribution in [3.8, 4) is 6.07 Å². The quantitative estimate of drug-likeness (QED) is 0.807. The minimum atomic E-state index is -0.290. The molecule has 2 amide bonds. The second kappa shape index (κ2) is 8.77. The van der Waals surface area contributed by atoms with E-state index in [1.807, 2.05) is 62.4 Å². The normalized spacial score (nSPS) is 16.3. The number of nitrogens with one attached hydrogen (secondary N) is 2. The topological polar surface area (TPSA) is 82.0 Å². The number of allylic oxidation sites excluding steroid dienone is 1. The summed E-state index contributed by atoms with van der Waals surface area (Å²) in [7, 11) is 0. The molecule has 1 aliphatic heterocycles. The summed E-state index contributed by atoms with van der Waals surface area (Å²) in [4.78, 5) is 24.5. The standard InChI is InChI=1S/C22H21N3O2S/c1-14-6-5-8-16(10-14)24-21(27)13-28-22-19(12-23)18(11-20(26)25-22)17-9-4-3-7-15(17)2/h3-10,18H,11,13H2,1-2H3,(H,24,27)(H,25,26)/t18-/m1/s1. The lowest BCUT2D eigenvalue weighted by Gasteiger charge is -2.26. The molecule has 0 aromatic heterocycles. The number of anilines is 1. The summed E-state index contributed by atoms with van der Waals surface area (Å²) in [6.45, 7) is 3.93. The highest BCUT2D eigenvalue weighted by atomic mass is 32.2. The molecule has 0 spiro atoms. The smallest absolute Gasteiger partial charge is 0.234 e. The van der Waals surface area contributed by atoms with Gasteiger partial charge in [-0.15, -0.1) is 0 Å². The van der Waals surface area contributed by atoms with Gasteiger partial charge in [-0.1, -0.05) is 48.2 Å². The summed E-state index contributed by atoms with van der Waals surface area (Å²) >= 11 is 1.18. The van der Waals surface area contributed by atoms with Crippen LogP contribution in [0.1, 0.15) is 29.0 Å². The number of benzene rings is 2. The fourth-order valence-corrected chi connectivity index (χ4v) is 4.11. The molecule has 0 saturated carbocycles. The van der Waals surface area contributed by atoms with E-state index >= 15 is 0 Å². The lowest BCUT2D eigenvalue weighted by molar-refractivity contribution is -0.121. The summed E-state index contributed by atoms with van der Waals surface area (Å²) in [6.07, 6.45) is 0.229. The van der Waals surface area contributed by atoms with Gasteiger partial charge < -0.3 is 10.6 Å². The second-order valence-corrected chi connectivity index (χ2v) is 7.71. The number of amides is 2. The number of nitrogens with zero attached hydrogens (tertiary/aromatic N) is 1. The van der Waals surface area contributed by atoms with E-state index in [1.165, 1.54) is 11.8 Å². The molecule has 0 radical (unpaired) electrons. The number of hydrogen-bond donors (Lipinski definition) is 2. The first kappa shape index (κ1) is 19.7. The zero-order valence-electron chi connectivity index (χ0n) is 15.8. The molecule has 2 N–H and O–H groups in total. The van der Waals surface area contributed by atoms with Crippen LogP contribution in [0.2, 0.25) is 0 Å². The third-order valence-electron chi connectivity index (χ3n) is 4.57. The van der Waals surface area contributed by atoms with Crippen molar-refractivity contribution in [1.82, 2.24) is 5.32 Å². The predicted octanol–water partition coefficient (Wildman–Crippen LogP) is 4.01. The molecule has 28 heavy (non-hydrogen) atoms. The summed E-state index contributed by atoms with van der Waals surface area (Å²) in [5.41, 5.74) is 4.29. The summed E-state index contributed by atoms with van der Waals surface area (Å²) in [5.74, 6) is -0.515. The van der Waals surface area contributed by atoms with Gasteiger partial charge >= 0.3 is 0 Å². The molecular formula is C22H21N3O2S. The third kappa shape index (κ3) is 4.62. The van der Waals surface area contributed by atoms with Gasteiger partial charge in [-0.05, 0) is 42.7 Å². The molecule has 142 valence electrons.